The lowest BCUT2D eigenvalue weighted by Gasteiger charge is -2.40. The average Bonchev–Trinajstić information content (AvgIpc) is 3.28. The second-order valence-electron chi connectivity index (χ2n) is 8.69. The standard InChI is InChI=1S/C23H29N7O/c1-17-3-4-18(2)20(15-17)27-11-13-29(14-12-27)23(31)19-7-9-28(10-8-19)22-6-5-21-25-24-16-30(21)26-22/h3-6,15-16,19H,7-14H2,1-2H3. The van der Waals surface area contributed by atoms with Crippen LogP contribution in [0.5, 0.6) is 0 Å². The molecule has 2 aliphatic rings. The summed E-state index contributed by atoms with van der Waals surface area (Å²) >= 11 is 0. The van der Waals surface area contributed by atoms with E-state index in [9.17, 15) is 4.79 Å². The van der Waals surface area contributed by atoms with Crippen LogP contribution in [0.2, 0.25) is 0 Å². The Morgan fingerprint density at radius 3 is 2.48 bits per heavy atom. The van der Waals surface area contributed by atoms with Crippen LogP contribution in [-0.2, 0) is 4.79 Å². The number of aromatic nitrogens is 4. The van der Waals surface area contributed by atoms with Crippen molar-refractivity contribution < 1.29 is 4.79 Å². The van der Waals surface area contributed by atoms with E-state index in [-0.39, 0.29) is 5.92 Å². The maximum Gasteiger partial charge on any atom is 0.225 e. The fourth-order valence-electron chi connectivity index (χ4n) is 4.73. The number of carbonyl (C=O) groups is 1. The SMILES string of the molecule is Cc1ccc(C)c(N2CCN(C(=O)C3CCN(c4ccc5nncn5n4)CC3)CC2)c1. The van der Waals surface area contributed by atoms with Crippen molar-refractivity contribution >= 4 is 23.1 Å². The van der Waals surface area contributed by atoms with Gasteiger partial charge in [-0.1, -0.05) is 12.1 Å². The van der Waals surface area contributed by atoms with Crippen molar-refractivity contribution in [2.24, 2.45) is 5.92 Å². The molecule has 0 N–H and O–H groups in total. The van der Waals surface area contributed by atoms with Crippen LogP contribution in [-0.4, -0.2) is 69.9 Å². The molecule has 2 saturated heterocycles. The molecule has 5 rings (SSSR count). The Morgan fingerprint density at radius 1 is 0.935 bits per heavy atom. The normalized spacial score (nSPS) is 18.1. The summed E-state index contributed by atoms with van der Waals surface area (Å²) in [5, 5.41) is 12.5. The minimum Gasteiger partial charge on any atom is -0.368 e. The third-order valence-corrected chi connectivity index (χ3v) is 6.61. The second kappa shape index (κ2) is 8.17. The maximum atomic E-state index is 13.2. The van der Waals surface area contributed by atoms with Gasteiger partial charge in [0.05, 0.1) is 0 Å². The molecule has 0 aliphatic carbocycles. The molecule has 0 atom stereocenters. The molecule has 162 valence electrons. The van der Waals surface area contributed by atoms with Gasteiger partial charge in [-0.2, -0.15) is 4.52 Å². The zero-order valence-corrected chi connectivity index (χ0v) is 18.2. The molecule has 2 aromatic heterocycles. The van der Waals surface area contributed by atoms with Crippen molar-refractivity contribution in [2.75, 3.05) is 49.1 Å². The summed E-state index contributed by atoms with van der Waals surface area (Å²) in [4.78, 5) is 19.9. The van der Waals surface area contributed by atoms with Crippen LogP contribution in [0, 0.1) is 19.8 Å². The Hall–Kier alpha value is -3.16. The molecule has 0 spiro atoms. The van der Waals surface area contributed by atoms with E-state index in [1.165, 1.54) is 16.8 Å². The number of benzene rings is 1. The predicted octanol–water partition coefficient (Wildman–Crippen LogP) is 2.31. The van der Waals surface area contributed by atoms with Crippen molar-refractivity contribution in [1.29, 1.82) is 0 Å². The highest BCUT2D eigenvalue weighted by Gasteiger charge is 2.31. The summed E-state index contributed by atoms with van der Waals surface area (Å²) in [6, 6.07) is 10.5. The van der Waals surface area contributed by atoms with E-state index in [1.54, 1.807) is 10.8 Å². The number of hydrogen-bond donors (Lipinski definition) is 0. The molecule has 4 heterocycles. The van der Waals surface area contributed by atoms with Crippen LogP contribution in [0.1, 0.15) is 24.0 Å². The molecule has 0 bridgehead atoms. The van der Waals surface area contributed by atoms with Crippen molar-refractivity contribution in [3.05, 3.63) is 47.8 Å². The summed E-state index contributed by atoms with van der Waals surface area (Å²) in [5.41, 5.74) is 4.63. The number of amides is 1. The first-order valence-electron chi connectivity index (χ1n) is 11.1. The van der Waals surface area contributed by atoms with Crippen molar-refractivity contribution in [1.82, 2.24) is 24.7 Å². The van der Waals surface area contributed by atoms with Crippen molar-refractivity contribution in [2.45, 2.75) is 26.7 Å². The van der Waals surface area contributed by atoms with Crippen molar-refractivity contribution in [3.8, 4) is 0 Å². The van der Waals surface area contributed by atoms with E-state index in [0.717, 1.165) is 63.6 Å². The molecule has 0 saturated carbocycles. The van der Waals surface area contributed by atoms with Crippen molar-refractivity contribution in [3.63, 3.8) is 0 Å². The van der Waals surface area contributed by atoms with Gasteiger partial charge in [-0.25, -0.2) is 0 Å². The van der Waals surface area contributed by atoms with Gasteiger partial charge in [0.2, 0.25) is 5.91 Å². The van der Waals surface area contributed by atoms with Gasteiger partial charge in [0.25, 0.3) is 0 Å². The maximum absolute atomic E-state index is 13.2. The number of hydrogen-bond acceptors (Lipinski definition) is 6. The highest BCUT2D eigenvalue weighted by Crippen LogP contribution is 2.26. The van der Waals surface area contributed by atoms with Gasteiger partial charge in [-0.3, -0.25) is 4.79 Å². The van der Waals surface area contributed by atoms with Crippen LogP contribution in [0.3, 0.4) is 0 Å². The molecule has 0 unspecified atom stereocenters. The molecule has 3 aromatic rings. The highest BCUT2D eigenvalue weighted by molar-refractivity contribution is 5.79. The third-order valence-electron chi connectivity index (χ3n) is 6.61. The number of nitrogens with zero attached hydrogens (tertiary/aromatic N) is 7. The third kappa shape index (κ3) is 3.94. The smallest absolute Gasteiger partial charge is 0.225 e. The number of piperidine rings is 1. The van der Waals surface area contributed by atoms with Crippen LogP contribution in [0.4, 0.5) is 11.5 Å². The lowest BCUT2D eigenvalue weighted by Crippen LogP contribution is -2.52. The Morgan fingerprint density at radius 2 is 1.71 bits per heavy atom. The molecule has 0 radical (unpaired) electrons. The molecular weight excluding hydrogens is 390 g/mol. The first kappa shape index (κ1) is 19.8. The number of anilines is 2. The summed E-state index contributed by atoms with van der Waals surface area (Å²) in [6.07, 6.45) is 3.36. The first-order valence-corrected chi connectivity index (χ1v) is 11.1. The van der Waals surface area contributed by atoms with Gasteiger partial charge < -0.3 is 14.7 Å². The minimum absolute atomic E-state index is 0.113. The van der Waals surface area contributed by atoms with E-state index < -0.39 is 0 Å². The Bertz CT molecular complexity index is 1080. The van der Waals surface area contributed by atoms with E-state index in [1.807, 2.05) is 12.1 Å². The van der Waals surface area contributed by atoms with E-state index in [2.05, 4.69) is 62.0 Å². The molecule has 8 nitrogen and oxygen atoms in total. The zero-order chi connectivity index (χ0) is 21.4. The molecule has 8 heteroatoms. The topological polar surface area (TPSA) is 69.9 Å². The molecule has 2 fully saturated rings. The predicted molar refractivity (Wildman–Crippen MR) is 120 cm³/mol. The Labute approximate surface area is 182 Å². The zero-order valence-electron chi connectivity index (χ0n) is 18.2. The minimum atomic E-state index is 0.113. The number of rotatable bonds is 3. The fraction of sp³-hybridized carbons (Fsp3) is 0.478. The highest BCUT2D eigenvalue weighted by atomic mass is 16.2. The molecule has 1 aromatic carbocycles. The van der Waals surface area contributed by atoms with Gasteiger partial charge in [-0.15, -0.1) is 15.3 Å². The monoisotopic (exact) mass is 419 g/mol. The largest absolute Gasteiger partial charge is 0.368 e. The van der Waals surface area contributed by atoms with E-state index >= 15 is 0 Å². The lowest BCUT2D eigenvalue weighted by atomic mass is 9.95. The molecular formula is C23H29N7O. The van der Waals surface area contributed by atoms with Gasteiger partial charge in [0.1, 0.15) is 12.1 Å². The number of carbonyl (C=O) groups excluding carboxylic acids is 1. The number of aryl methyl sites for hydroxylation is 2. The van der Waals surface area contributed by atoms with Gasteiger partial charge in [0.15, 0.2) is 5.65 Å². The molecule has 31 heavy (non-hydrogen) atoms. The molecule has 1 amide bonds. The van der Waals surface area contributed by atoms with Gasteiger partial charge >= 0.3 is 0 Å². The lowest BCUT2D eigenvalue weighted by molar-refractivity contribution is -0.136. The van der Waals surface area contributed by atoms with Gasteiger partial charge in [0, 0.05) is 50.9 Å². The number of piperazine rings is 1. The van der Waals surface area contributed by atoms with Crippen LogP contribution < -0.4 is 9.80 Å². The second-order valence-corrected chi connectivity index (χ2v) is 8.69. The van der Waals surface area contributed by atoms with Crippen LogP contribution in [0.15, 0.2) is 36.7 Å². The first-order chi connectivity index (χ1) is 15.1. The van der Waals surface area contributed by atoms with E-state index in [0.29, 0.717) is 5.91 Å². The van der Waals surface area contributed by atoms with Crippen LogP contribution in [0.25, 0.3) is 5.65 Å². The summed E-state index contributed by atoms with van der Waals surface area (Å²) in [7, 11) is 0. The average molecular weight is 420 g/mol. The van der Waals surface area contributed by atoms with E-state index in [4.69, 9.17) is 0 Å². The summed E-state index contributed by atoms with van der Waals surface area (Å²) < 4.78 is 1.70. The van der Waals surface area contributed by atoms with Gasteiger partial charge in [-0.05, 0) is 56.0 Å². The molecule has 2 aliphatic heterocycles. The fourth-order valence-corrected chi connectivity index (χ4v) is 4.73. The number of fused-ring (bicyclic) bond motifs is 1. The van der Waals surface area contributed by atoms with Crippen LogP contribution >= 0.6 is 0 Å². The Kier molecular flexibility index (Phi) is 5.21. The quantitative estimate of drug-likeness (QED) is 0.649. The Balaban J connectivity index is 1.16. The summed E-state index contributed by atoms with van der Waals surface area (Å²) in [5.74, 6) is 1.35. The summed E-state index contributed by atoms with van der Waals surface area (Å²) in [6.45, 7) is 9.40.